The Bertz CT molecular complexity index is 2660. The average Bonchev–Trinajstić information content (AvgIpc) is 3.77. The van der Waals surface area contributed by atoms with Crippen LogP contribution in [0.3, 0.4) is 0 Å². The Morgan fingerprint density at radius 2 is 1.09 bits per heavy atom. The van der Waals surface area contributed by atoms with Crippen LogP contribution in [0.5, 0.6) is 0 Å². The molecule has 0 saturated carbocycles. The van der Waals surface area contributed by atoms with E-state index in [4.69, 9.17) is 4.42 Å². The summed E-state index contributed by atoms with van der Waals surface area (Å²) in [5.41, 5.74) is 10.2. The minimum absolute atomic E-state index is 0.175. The molecule has 0 amide bonds. The van der Waals surface area contributed by atoms with Gasteiger partial charge in [0.25, 0.3) is 0 Å². The second-order valence-electron chi connectivity index (χ2n) is 12.0. The van der Waals surface area contributed by atoms with Crippen molar-refractivity contribution in [1.82, 2.24) is 9.13 Å². The van der Waals surface area contributed by atoms with Crippen LogP contribution in [-0.2, 0) is 0 Å². The number of aromatic nitrogens is 2. The van der Waals surface area contributed by atoms with Crippen molar-refractivity contribution < 1.29 is 4.42 Å². The predicted molar refractivity (Wildman–Crippen MR) is 188 cm³/mol. The van der Waals surface area contributed by atoms with E-state index in [1.54, 1.807) is 0 Å². The summed E-state index contributed by atoms with van der Waals surface area (Å²) in [6.45, 7) is 0. The van der Waals surface area contributed by atoms with E-state index in [9.17, 15) is 0 Å². The molecule has 0 saturated heterocycles. The lowest BCUT2D eigenvalue weighted by Crippen LogP contribution is -2.08. The Morgan fingerprint density at radius 3 is 1.80 bits per heavy atom. The molecule has 10 rings (SSSR count). The fourth-order valence-corrected chi connectivity index (χ4v) is 7.65. The normalized spacial score (nSPS) is 15.3. The Hall–Kier alpha value is -5.80. The minimum Gasteiger partial charge on any atom is -0.452 e. The third-order valence-corrected chi connectivity index (χ3v) is 9.64. The topological polar surface area (TPSA) is 23.0 Å². The highest BCUT2D eigenvalue weighted by molar-refractivity contribution is 6.26. The molecule has 3 aromatic heterocycles. The van der Waals surface area contributed by atoms with Gasteiger partial charge in [-0.15, -0.1) is 0 Å². The van der Waals surface area contributed by atoms with E-state index >= 15 is 0 Å². The van der Waals surface area contributed by atoms with Crippen molar-refractivity contribution in [2.24, 2.45) is 0 Å². The van der Waals surface area contributed by atoms with E-state index < -0.39 is 0 Å². The predicted octanol–water partition coefficient (Wildman–Crippen LogP) is 11.4. The molecule has 0 bridgehead atoms. The molecule has 1 unspecified atom stereocenters. The second-order valence-corrected chi connectivity index (χ2v) is 12.0. The first kappa shape index (κ1) is 24.6. The molecule has 45 heavy (non-hydrogen) atoms. The number of nitrogens with zero attached hydrogens (tertiary/aromatic N) is 2. The number of para-hydroxylation sites is 3. The molecule has 0 fully saturated rings. The van der Waals surface area contributed by atoms with Crippen molar-refractivity contribution in [3.8, 4) is 5.69 Å². The number of hydrogen-bond donors (Lipinski definition) is 0. The standard InChI is InChI=1S/C42H28N2O/c1-3-11-27(12-4-1)28-19-21-30(22-20-28)44-38-18-10-8-16-32(38)34-24-26-36-35-25-23-33-31-15-7-9-17-37(31)43(29-13-5-2-6-14-29)39(33)41(35)45-42(36)40(34)44/h1-21,23-26,30H,22H2. The van der Waals surface area contributed by atoms with Crippen LogP contribution in [0.25, 0.3) is 76.8 Å². The number of furan rings is 1. The van der Waals surface area contributed by atoms with E-state index in [-0.39, 0.29) is 6.04 Å². The molecule has 3 heterocycles. The monoisotopic (exact) mass is 576 g/mol. The third-order valence-electron chi connectivity index (χ3n) is 9.64. The van der Waals surface area contributed by atoms with E-state index in [1.807, 2.05) is 0 Å². The molecule has 0 spiro atoms. The lowest BCUT2D eigenvalue weighted by Gasteiger charge is -2.20. The van der Waals surface area contributed by atoms with Gasteiger partial charge in [-0.3, -0.25) is 0 Å². The van der Waals surface area contributed by atoms with Gasteiger partial charge in [-0.1, -0.05) is 115 Å². The summed E-state index contributed by atoms with van der Waals surface area (Å²) < 4.78 is 12.0. The summed E-state index contributed by atoms with van der Waals surface area (Å²) in [6, 6.07) is 48.0. The van der Waals surface area contributed by atoms with Crippen LogP contribution in [-0.4, -0.2) is 9.13 Å². The smallest absolute Gasteiger partial charge is 0.160 e. The quantitative estimate of drug-likeness (QED) is 0.205. The van der Waals surface area contributed by atoms with E-state index in [0.717, 1.165) is 45.1 Å². The van der Waals surface area contributed by atoms with Crippen molar-refractivity contribution in [3.05, 3.63) is 157 Å². The molecule has 1 atom stereocenters. The van der Waals surface area contributed by atoms with Crippen molar-refractivity contribution in [2.45, 2.75) is 12.5 Å². The summed E-state index contributed by atoms with van der Waals surface area (Å²) in [4.78, 5) is 0. The van der Waals surface area contributed by atoms with Crippen LogP contribution in [0.4, 0.5) is 0 Å². The van der Waals surface area contributed by atoms with Crippen LogP contribution in [0, 0.1) is 0 Å². The minimum atomic E-state index is 0.175. The maximum atomic E-state index is 7.14. The van der Waals surface area contributed by atoms with Gasteiger partial charge < -0.3 is 13.6 Å². The first-order chi connectivity index (χ1) is 22.3. The Morgan fingerprint density at radius 1 is 0.511 bits per heavy atom. The van der Waals surface area contributed by atoms with Gasteiger partial charge in [0.05, 0.1) is 22.6 Å². The Balaban J connectivity index is 1.28. The highest BCUT2D eigenvalue weighted by Gasteiger charge is 2.24. The van der Waals surface area contributed by atoms with E-state index in [2.05, 4.69) is 161 Å². The van der Waals surface area contributed by atoms with Gasteiger partial charge in [0, 0.05) is 43.5 Å². The Labute approximate surface area is 259 Å². The lowest BCUT2D eigenvalue weighted by atomic mass is 9.97. The number of hydrogen-bond acceptors (Lipinski definition) is 1. The molecule has 0 radical (unpaired) electrons. The van der Waals surface area contributed by atoms with Gasteiger partial charge in [0.15, 0.2) is 11.2 Å². The van der Waals surface area contributed by atoms with Gasteiger partial charge in [0.1, 0.15) is 0 Å². The summed E-state index contributed by atoms with van der Waals surface area (Å²) in [6.07, 6.45) is 7.94. The van der Waals surface area contributed by atoms with Gasteiger partial charge in [0.2, 0.25) is 0 Å². The maximum absolute atomic E-state index is 7.14. The number of rotatable bonds is 3. The van der Waals surface area contributed by atoms with E-state index in [0.29, 0.717) is 0 Å². The van der Waals surface area contributed by atoms with Gasteiger partial charge >= 0.3 is 0 Å². The van der Waals surface area contributed by atoms with Crippen molar-refractivity contribution >= 4 is 71.1 Å². The van der Waals surface area contributed by atoms with Gasteiger partial charge in [-0.2, -0.15) is 0 Å². The van der Waals surface area contributed by atoms with Crippen molar-refractivity contribution in [2.75, 3.05) is 0 Å². The Kier molecular flexibility index (Phi) is 5.11. The number of fused-ring (bicyclic) bond motifs is 11. The van der Waals surface area contributed by atoms with Crippen LogP contribution in [0.2, 0.25) is 0 Å². The van der Waals surface area contributed by atoms with Gasteiger partial charge in [-0.25, -0.2) is 0 Å². The SMILES string of the molecule is C1=CC(n2c3ccccc3c3ccc4c5ccc6c7ccccc7n(-c7ccccc7)c6c5oc4c32)CC=C1c1ccccc1. The molecular formula is C42H28N2O. The first-order valence-electron chi connectivity index (χ1n) is 15.6. The molecule has 1 aliphatic rings. The third kappa shape index (κ3) is 3.46. The van der Waals surface area contributed by atoms with Crippen LogP contribution >= 0.6 is 0 Å². The molecule has 3 heteroatoms. The summed E-state index contributed by atoms with van der Waals surface area (Å²) in [5, 5.41) is 7.20. The largest absolute Gasteiger partial charge is 0.452 e. The van der Waals surface area contributed by atoms with Crippen molar-refractivity contribution in [1.29, 1.82) is 0 Å². The lowest BCUT2D eigenvalue weighted by molar-refractivity contribution is 0.637. The fourth-order valence-electron chi connectivity index (χ4n) is 7.65. The second kappa shape index (κ2) is 9.35. The maximum Gasteiger partial charge on any atom is 0.160 e. The zero-order chi connectivity index (χ0) is 29.5. The average molecular weight is 577 g/mol. The molecular weight excluding hydrogens is 548 g/mol. The summed E-state index contributed by atoms with van der Waals surface area (Å²) in [7, 11) is 0. The summed E-state index contributed by atoms with van der Waals surface area (Å²) in [5.74, 6) is 0. The first-order valence-corrected chi connectivity index (χ1v) is 15.6. The zero-order valence-corrected chi connectivity index (χ0v) is 24.5. The van der Waals surface area contributed by atoms with Crippen LogP contribution in [0.1, 0.15) is 18.0 Å². The van der Waals surface area contributed by atoms with Crippen LogP contribution in [0.15, 0.2) is 156 Å². The molecule has 6 aromatic carbocycles. The highest BCUT2D eigenvalue weighted by atomic mass is 16.3. The number of allylic oxidation sites excluding steroid dienone is 4. The zero-order valence-electron chi connectivity index (χ0n) is 24.5. The fraction of sp³-hybridized carbons (Fsp3) is 0.0476. The molecule has 0 aliphatic heterocycles. The molecule has 3 nitrogen and oxygen atoms in total. The highest BCUT2D eigenvalue weighted by Crippen LogP contribution is 2.45. The van der Waals surface area contributed by atoms with Crippen LogP contribution < -0.4 is 0 Å². The van der Waals surface area contributed by atoms with E-state index in [1.165, 1.54) is 43.7 Å². The molecule has 9 aromatic rings. The number of benzene rings is 6. The molecule has 1 aliphatic carbocycles. The van der Waals surface area contributed by atoms with Crippen molar-refractivity contribution in [3.63, 3.8) is 0 Å². The summed E-state index contributed by atoms with van der Waals surface area (Å²) >= 11 is 0. The molecule has 212 valence electrons. The van der Waals surface area contributed by atoms with Gasteiger partial charge in [-0.05, 0) is 54.0 Å². The molecule has 0 N–H and O–H groups in total.